The van der Waals surface area contributed by atoms with Gasteiger partial charge in [0.15, 0.2) is 0 Å². The van der Waals surface area contributed by atoms with Crippen LogP contribution in [-0.2, 0) is 4.79 Å². The normalized spacial score (nSPS) is 22.6. The second-order valence-corrected chi connectivity index (χ2v) is 5.41. The van der Waals surface area contributed by atoms with E-state index in [0.29, 0.717) is 29.6 Å². The molecular formula is C14H17ClN2O3. The van der Waals surface area contributed by atoms with Gasteiger partial charge >= 0.3 is 5.97 Å². The first kappa shape index (κ1) is 14.8. The molecule has 1 aliphatic rings. The fraction of sp³-hybridized carbons (Fsp3) is 0.500. The molecule has 2 atom stereocenters. The molecule has 0 spiro atoms. The minimum atomic E-state index is -0.946. The smallest absolute Gasteiger partial charge is 0.326 e. The van der Waals surface area contributed by atoms with Crippen LogP contribution in [0.1, 0.15) is 36.5 Å². The number of carboxylic acids is 1. The summed E-state index contributed by atoms with van der Waals surface area (Å²) in [5, 5.41) is 9.64. The number of likely N-dealkylation sites (tertiary alicyclic amines) is 1. The summed E-state index contributed by atoms with van der Waals surface area (Å²) in [6.07, 6.45) is 3.68. The number of hydrogen-bond acceptors (Lipinski definition) is 3. The molecule has 1 amide bonds. The summed E-state index contributed by atoms with van der Waals surface area (Å²) in [7, 11) is 0. The van der Waals surface area contributed by atoms with Crippen molar-refractivity contribution < 1.29 is 14.7 Å². The predicted molar refractivity (Wildman–Crippen MR) is 74.7 cm³/mol. The van der Waals surface area contributed by atoms with E-state index in [9.17, 15) is 14.7 Å². The first-order valence-electron chi connectivity index (χ1n) is 6.68. The zero-order chi connectivity index (χ0) is 14.7. The van der Waals surface area contributed by atoms with Gasteiger partial charge in [-0.1, -0.05) is 24.9 Å². The van der Waals surface area contributed by atoms with Crippen molar-refractivity contribution in [2.45, 2.75) is 32.2 Å². The Morgan fingerprint density at radius 2 is 2.25 bits per heavy atom. The summed E-state index contributed by atoms with van der Waals surface area (Å²) < 4.78 is 0. The zero-order valence-corrected chi connectivity index (χ0v) is 12.0. The van der Waals surface area contributed by atoms with E-state index in [2.05, 4.69) is 4.98 Å². The van der Waals surface area contributed by atoms with Gasteiger partial charge in [0.1, 0.15) is 11.2 Å². The number of amides is 1. The van der Waals surface area contributed by atoms with Crippen molar-refractivity contribution >= 4 is 23.5 Å². The Hall–Kier alpha value is -1.62. The number of pyridine rings is 1. The summed E-state index contributed by atoms with van der Waals surface area (Å²) >= 11 is 5.69. The Bertz CT molecular complexity index is 504. The number of aliphatic carboxylic acids is 1. The topological polar surface area (TPSA) is 70.5 Å². The minimum Gasteiger partial charge on any atom is -0.480 e. The number of piperidine rings is 1. The molecule has 6 heteroatoms. The third kappa shape index (κ3) is 3.10. The molecule has 1 saturated heterocycles. The van der Waals surface area contributed by atoms with Crippen LogP contribution < -0.4 is 0 Å². The monoisotopic (exact) mass is 296 g/mol. The standard InChI is InChI=1S/C14H17ClN2O3/c1-2-9-5-6-17(11(7-9)14(19)20)13(18)10-3-4-12(15)16-8-10/h3-4,8-9,11H,2,5-7H2,1H3,(H,19,20). The van der Waals surface area contributed by atoms with Crippen molar-refractivity contribution in [3.63, 3.8) is 0 Å². The molecule has 5 nitrogen and oxygen atoms in total. The number of halogens is 1. The minimum absolute atomic E-state index is 0.295. The molecule has 0 aliphatic carbocycles. The lowest BCUT2D eigenvalue weighted by molar-refractivity contribution is -0.144. The average Bonchev–Trinajstić information content (AvgIpc) is 2.46. The highest BCUT2D eigenvalue weighted by molar-refractivity contribution is 6.29. The van der Waals surface area contributed by atoms with Gasteiger partial charge in [-0.3, -0.25) is 4.79 Å². The summed E-state index contributed by atoms with van der Waals surface area (Å²) in [6.45, 7) is 2.51. The van der Waals surface area contributed by atoms with Crippen LogP contribution in [-0.4, -0.2) is 39.5 Å². The van der Waals surface area contributed by atoms with E-state index >= 15 is 0 Å². The lowest BCUT2D eigenvalue weighted by Gasteiger charge is -2.36. The van der Waals surface area contributed by atoms with Gasteiger partial charge in [-0.05, 0) is 30.9 Å². The number of aromatic nitrogens is 1. The molecule has 0 bridgehead atoms. The highest BCUT2D eigenvalue weighted by Crippen LogP contribution is 2.27. The molecule has 1 fully saturated rings. The maximum Gasteiger partial charge on any atom is 0.326 e. The first-order valence-corrected chi connectivity index (χ1v) is 7.06. The first-order chi connectivity index (χ1) is 9.52. The molecule has 2 heterocycles. The molecule has 1 N–H and O–H groups in total. The number of hydrogen-bond donors (Lipinski definition) is 1. The van der Waals surface area contributed by atoms with Crippen LogP contribution in [0.25, 0.3) is 0 Å². The van der Waals surface area contributed by atoms with Gasteiger partial charge in [0.25, 0.3) is 5.91 Å². The molecule has 1 aromatic heterocycles. The Morgan fingerprint density at radius 3 is 2.80 bits per heavy atom. The van der Waals surface area contributed by atoms with E-state index in [-0.39, 0.29) is 5.91 Å². The molecule has 0 saturated carbocycles. The van der Waals surface area contributed by atoms with Crippen molar-refractivity contribution in [1.29, 1.82) is 0 Å². The number of nitrogens with zero attached hydrogens (tertiary/aromatic N) is 2. The fourth-order valence-corrected chi connectivity index (χ4v) is 2.67. The summed E-state index contributed by atoms with van der Waals surface area (Å²) in [5.41, 5.74) is 0.371. The third-order valence-corrected chi connectivity index (χ3v) is 4.03. The van der Waals surface area contributed by atoms with Crippen LogP contribution in [0.5, 0.6) is 0 Å². The van der Waals surface area contributed by atoms with Gasteiger partial charge in [-0.15, -0.1) is 0 Å². The Labute approximate surface area is 122 Å². The van der Waals surface area contributed by atoms with Crippen LogP contribution in [0.2, 0.25) is 5.15 Å². The maximum absolute atomic E-state index is 12.4. The summed E-state index contributed by atoms with van der Waals surface area (Å²) in [5.74, 6) is -0.877. The Morgan fingerprint density at radius 1 is 1.50 bits per heavy atom. The van der Waals surface area contributed by atoms with Crippen molar-refractivity contribution in [1.82, 2.24) is 9.88 Å². The summed E-state index contributed by atoms with van der Waals surface area (Å²) in [4.78, 5) is 29.1. The second-order valence-electron chi connectivity index (χ2n) is 5.02. The van der Waals surface area contributed by atoms with Crippen LogP contribution in [0, 0.1) is 5.92 Å². The van der Waals surface area contributed by atoms with Gasteiger partial charge in [-0.2, -0.15) is 0 Å². The quantitative estimate of drug-likeness (QED) is 0.870. The molecule has 1 aromatic rings. The van der Waals surface area contributed by atoms with Crippen molar-refractivity contribution in [3.05, 3.63) is 29.0 Å². The molecular weight excluding hydrogens is 280 g/mol. The lowest BCUT2D eigenvalue weighted by Crippen LogP contribution is -2.50. The van der Waals surface area contributed by atoms with Crippen LogP contribution >= 0.6 is 11.6 Å². The van der Waals surface area contributed by atoms with Crippen LogP contribution in [0.3, 0.4) is 0 Å². The fourth-order valence-electron chi connectivity index (χ4n) is 2.55. The molecule has 20 heavy (non-hydrogen) atoms. The molecule has 2 rings (SSSR count). The lowest BCUT2D eigenvalue weighted by atomic mass is 9.88. The van der Waals surface area contributed by atoms with Gasteiger partial charge in [0.05, 0.1) is 5.56 Å². The predicted octanol–water partition coefficient (Wildman–Crippen LogP) is 2.45. The largest absolute Gasteiger partial charge is 0.480 e. The maximum atomic E-state index is 12.4. The van der Waals surface area contributed by atoms with Gasteiger partial charge in [0.2, 0.25) is 0 Å². The average molecular weight is 297 g/mol. The molecule has 1 aliphatic heterocycles. The third-order valence-electron chi connectivity index (χ3n) is 3.81. The SMILES string of the molecule is CCC1CCN(C(=O)c2ccc(Cl)nc2)C(C(=O)O)C1. The van der Waals surface area contributed by atoms with Crippen LogP contribution in [0.15, 0.2) is 18.3 Å². The van der Waals surface area contributed by atoms with E-state index in [1.165, 1.54) is 17.2 Å². The van der Waals surface area contributed by atoms with Gasteiger partial charge in [-0.25, -0.2) is 9.78 Å². The number of carbonyl (C=O) groups is 2. The highest BCUT2D eigenvalue weighted by Gasteiger charge is 2.35. The van der Waals surface area contributed by atoms with E-state index in [1.54, 1.807) is 6.07 Å². The molecule has 2 unspecified atom stereocenters. The highest BCUT2D eigenvalue weighted by atomic mass is 35.5. The van der Waals surface area contributed by atoms with E-state index in [1.807, 2.05) is 6.92 Å². The van der Waals surface area contributed by atoms with Crippen molar-refractivity contribution in [3.8, 4) is 0 Å². The van der Waals surface area contributed by atoms with E-state index in [0.717, 1.165) is 12.8 Å². The molecule has 0 aromatic carbocycles. The van der Waals surface area contributed by atoms with E-state index in [4.69, 9.17) is 11.6 Å². The van der Waals surface area contributed by atoms with Crippen LogP contribution in [0.4, 0.5) is 0 Å². The van der Waals surface area contributed by atoms with Crippen molar-refractivity contribution in [2.75, 3.05) is 6.54 Å². The van der Waals surface area contributed by atoms with Gasteiger partial charge in [0, 0.05) is 12.7 Å². The van der Waals surface area contributed by atoms with Gasteiger partial charge < -0.3 is 10.0 Å². The summed E-state index contributed by atoms with van der Waals surface area (Å²) in [6, 6.07) is 2.35. The number of rotatable bonds is 3. The second kappa shape index (κ2) is 6.22. The number of carboxylic acid groups (broad SMARTS) is 1. The zero-order valence-electron chi connectivity index (χ0n) is 11.3. The van der Waals surface area contributed by atoms with Crippen molar-refractivity contribution in [2.24, 2.45) is 5.92 Å². The molecule has 108 valence electrons. The Kier molecular flexibility index (Phi) is 4.60. The van der Waals surface area contributed by atoms with E-state index < -0.39 is 12.0 Å². The Balaban J connectivity index is 2.19. The number of carbonyl (C=O) groups excluding carboxylic acids is 1. The molecule has 0 radical (unpaired) electrons.